The van der Waals surface area contributed by atoms with E-state index >= 15 is 0 Å². The zero-order chi connectivity index (χ0) is 21.1. The van der Waals surface area contributed by atoms with Gasteiger partial charge in [-0.25, -0.2) is 0 Å². The first-order valence-electron chi connectivity index (χ1n) is 11.1. The van der Waals surface area contributed by atoms with Crippen LogP contribution in [0.1, 0.15) is 38.7 Å². The fourth-order valence-electron chi connectivity index (χ4n) is 4.82. The van der Waals surface area contributed by atoms with Gasteiger partial charge in [0.2, 0.25) is 11.8 Å². The first kappa shape index (κ1) is 20.6. The van der Waals surface area contributed by atoms with E-state index in [9.17, 15) is 9.59 Å². The van der Waals surface area contributed by atoms with Crippen molar-refractivity contribution in [3.05, 3.63) is 54.4 Å². The van der Waals surface area contributed by atoms with Gasteiger partial charge in [-0.3, -0.25) is 14.6 Å². The maximum Gasteiger partial charge on any atom is 0.228 e. The van der Waals surface area contributed by atoms with Gasteiger partial charge in [-0.1, -0.05) is 37.3 Å². The van der Waals surface area contributed by atoms with Crippen LogP contribution in [0.3, 0.4) is 0 Å². The number of hydrogen-bond acceptors (Lipinski definition) is 3. The van der Waals surface area contributed by atoms with Crippen molar-refractivity contribution in [2.45, 2.75) is 39.5 Å². The summed E-state index contributed by atoms with van der Waals surface area (Å²) in [6, 6.07) is 12.2. The largest absolute Gasteiger partial charge is 0.356 e. The Morgan fingerprint density at radius 2 is 2.03 bits per heavy atom. The van der Waals surface area contributed by atoms with E-state index in [1.807, 2.05) is 36.2 Å². The van der Waals surface area contributed by atoms with E-state index in [0.717, 1.165) is 42.5 Å². The molecule has 1 saturated carbocycles. The Kier molecular flexibility index (Phi) is 5.89. The average molecular weight is 406 g/mol. The van der Waals surface area contributed by atoms with Crippen LogP contribution >= 0.6 is 0 Å². The van der Waals surface area contributed by atoms with Crippen LogP contribution in [0.4, 0.5) is 0 Å². The molecule has 1 aromatic heterocycles. The van der Waals surface area contributed by atoms with Gasteiger partial charge >= 0.3 is 0 Å². The Balaban J connectivity index is 1.65. The molecule has 1 aliphatic heterocycles. The standard InChI is InChI=1S/C25H31N3O2/c1-3-27-24(30)25(11-7-13-28(17-25)23(29)22-14-18(22)2)15-19-8-4-5-10-21(19)20-9-6-12-26-16-20/h4-6,8-10,12,16,18,22H,3,7,11,13-15,17H2,1-2H3,(H,27,30)/t18-,22+,25-/m0/s1. The van der Waals surface area contributed by atoms with Crippen molar-refractivity contribution in [1.29, 1.82) is 0 Å². The molecule has 4 rings (SSSR count). The van der Waals surface area contributed by atoms with Crippen molar-refractivity contribution in [1.82, 2.24) is 15.2 Å². The number of carbonyl (C=O) groups excluding carboxylic acids is 2. The Labute approximate surface area is 178 Å². The average Bonchev–Trinajstić information content (AvgIpc) is 3.51. The Morgan fingerprint density at radius 3 is 2.73 bits per heavy atom. The number of carbonyl (C=O) groups is 2. The molecule has 0 spiro atoms. The molecule has 0 unspecified atom stereocenters. The number of likely N-dealkylation sites (tertiary alicyclic amines) is 1. The second-order valence-corrected chi connectivity index (χ2v) is 8.90. The van der Waals surface area contributed by atoms with Crippen molar-refractivity contribution in [3.63, 3.8) is 0 Å². The van der Waals surface area contributed by atoms with Gasteiger partial charge < -0.3 is 10.2 Å². The lowest BCUT2D eigenvalue weighted by atomic mass is 9.73. The van der Waals surface area contributed by atoms with Gasteiger partial charge in [0.1, 0.15) is 0 Å². The van der Waals surface area contributed by atoms with Crippen molar-refractivity contribution >= 4 is 11.8 Å². The van der Waals surface area contributed by atoms with Crippen molar-refractivity contribution in [3.8, 4) is 11.1 Å². The van der Waals surface area contributed by atoms with E-state index in [-0.39, 0.29) is 17.7 Å². The summed E-state index contributed by atoms with van der Waals surface area (Å²) in [5.74, 6) is 0.922. The summed E-state index contributed by atoms with van der Waals surface area (Å²) in [6.45, 7) is 5.94. The Morgan fingerprint density at radius 1 is 1.23 bits per heavy atom. The minimum absolute atomic E-state index is 0.0623. The van der Waals surface area contributed by atoms with Gasteiger partial charge in [-0.2, -0.15) is 0 Å². The summed E-state index contributed by atoms with van der Waals surface area (Å²) < 4.78 is 0. The molecule has 2 amide bonds. The van der Waals surface area contributed by atoms with Gasteiger partial charge in [0, 0.05) is 43.5 Å². The van der Waals surface area contributed by atoms with Crippen LogP contribution in [0.5, 0.6) is 0 Å². The molecule has 3 atom stereocenters. The first-order chi connectivity index (χ1) is 14.5. The zero-order valence-corrected chi connectivity index (χ0v) is 17.9. The number of pyridine rings is 1. The van der Waals surface area contributed by atoms with Gasteiger partial charge in [0.25, 0.3) is 0 Å². The summed E-state index contributed by atoms with van der Waals surface area (Å²) >= 11 is 0. The van der Waals surface area contributed by atoms with E-state index in [0.29, 0.717) is 25.4 Å². The number of rotatable bonds is 6. The Hall–Kier alpha value is -2.69. The lowest BCUT2D eigenvalue weighted by Crippen LogP contribution is -2.54. The molecule has 2 aromatic rings. The fourth-order valence-corrected chi connectivity index (χ4v) is 4.82. The molecule has 2 heterocycles. The number of nitrogens with one attached hydrogen (secondary N) is 1. The molecule has 5 nitrogen and oxygen atoms in total. The molecule has 1 aromatic carbocycles. The molecule has 1 aliphatic carbocycles. The predicted octanol–water partition coefficient (Wildman–Crippen LogP) is 3.69. The summed E-state index contributed by atoms with van der Waals surface area (Å²) in [7, 11) is 0. The van der Waals surface area contributed by atoms with Crippen LogP contribution in [0.15, 0.2) is 48.8 Å². The number of amides is 2. The second-order valence-electron chi connectivity index (χ2n) is 8.90. The molecule has 0 radical (unpaired) electrons. The maximum atomic E-state index is 13.3. The third-order valence-electron chi connectivity index (χ3n) is 6.65. The monoisotopic (exact) mass is 405 g/mol. The topological polar surface area (TPSA) is 62.3 Å². The van der Waals surface area contributed by atoms with Crippen LogP contribution in [0.2, 0.25) is 0 Å². The van der Waals surface area contributed by atoms with E-state index < -0.39 is 5.41 Å². The molecule has 0 bridgehead atoms. The normalized spacial score (nSPS) is 25.6. The summed E-state index contributed by atoms with van der Waals surface area (Å²) in [4.78, 5) is 32.5. The van der Waals surface area contributed by atoms with Gasteiger partial charge in [0.05, 0.1) is 5.41 Å². The number of nitrogens with zero attached hydrogens (tertiary/aromatic N) is 2. The summed E-state index contributed by atoms with van der Waals surface area (Å²) in [5, 5.41) is 3.06. The highest BCUT2D eigenvalue weighted by atomic mass is 16.2. The molecule has 2 fully saturated rings. The Bertz CT molecular complexity index is 914. The van der Waals surface area contributed by atoms with Crippen LogP contribution in [-0.4, -0.2) is 41.3 Å². The number of benzene rings is 1. The summed E-state index contributed by atoms with van der Waals surface area (Å²) in [5.41, 5.74) is 2.69. The van der Waals surface area contributed by atoms with E-state index in [1.165, 1.54) is 0 Å². The van der Waals surface area contributed by atoms with E-state index in [4.69, 9.17) is 0 Å². The first-order valence-corrected chi connectivity index (χ1v) is 11.1. The molecule has 2 aliphatic rings. The van der Waals surface area contributed by atoms with Crippen molar-refractivity contribution in [2.75, 3.05) is 19.6 Å². The van der Waals surface area contributed by atoms with Crippen molar-refractivity contribution < 1.29 is 9.59 Å². The molecule has 5 heteroatoms. The van der Waals surface area contributed by atoms with Gasteiger partial charge in [0.15, 0.2) is 0 Å². The minimum Gasteiger partial charge on any atom is -0.356 e. The van der Waals surface area contributed by atoms with Gasteiger partial charge in [-0.15, -0.1) is 0 Å². The number of piperidine rings is 1. The molecular formula is C25H31N3O2. The zero-order valence-electron chi connectivity index (χ0n) is 17.9. The minimum atomic E-state index is -0.597. The molecular weight excluding hydrogens is 374 g/mol. The third-order valence-corrected chi connectivity index (χ3v) is 6.65. The van der Waals surface area contributed by atoms with Gasteiger partial charge in [-0.05, 0) is 55.7 Å². The van der Waals surface area contributed by atoms with E-state index in [2.05, 4.69) is 35.4 Å². The predicted molar refractivity (Wildman–Crippen MR) is 118 cm³/mol. The lowest BCUT2D eigenvalue weighted by molar-refractivity contribution is -0.142. The lowest BCUT2D eigenvalue weighted by Gasteiger charge is -2.42. The highest BCUT2D eigenvalue weighted by Crippen LogP contribution is 2.42. The fraction of sp³-hybridized carbons (Fsp3) is 0.480. The second kappa shape index (κ2) is 8.58. The molecule has 1 saturated heterocycles. The third kappa shape index (κ3) is 4.11. The number of hydrogen-bond donors (Lipinski definition) is 1. The van der Waals surface area contributed by atoms with E-state index in [1.54, 1.807) is 6.20 Å². The quantitative estimate of drug-likeness (QED) is 0.797. The SMILES string of the molecule is CCNC(=O)[C@]1(Cc2ccccc2-c2cccnc2)CCCN(C(=O)[C@@H]2C[C@@H]2C)C1. The van der Waals surface area contributed by atoms with Crippen LogP contribution in [0, 0.1) is 17.3 Å². The summed E-state index contributed by atoms with van der Waals surface area (Å²) in [6.07, 6.45) is 6.89. The van der Waals surface area contributed by atoms with Crippen LogP contribution in [-0.2, 0) is 16.0 Å². The smallest absolute Gasteiger partial charge is 0.228 e. The number of aromatic nitrogens is 1. The molecule has 30 heavy (non-hydrogen) atoms. The maximum absolute atomic E-state index is 13.3. The highest BCUT2D eigenvalue weighted by molar-refractivity contribution is 5.86. The van der Waals surface area contributed by atoms with Crippen LogP contribution in [0.25, 0.3) is 11.1 Å². The van der Waals surface area contributed by atoms with Crippen LogP contribution < -0.4 is 5.32 Å². The molecule has 158 valence electrons. The highest BCUT2D eigenvalue weighted by Gasteiger charge is 2.47. The van der Waals surface area contributed by atoms with Crippen molar-refractivity contribution in [2.24, 2.45) is 17.3 Å². The molecule has 1 N–H and O–H groups in total.